The molecule has 0 aromatic carbocycles. The second kappa shape index (κ2) is 4.04. The maximum atomic E-state index is 2.43. The van der Waals surface area contributed by atoms with Crippen molar-refractivity contribution in [3.05, 3.63) is 0 Å². The summed E-state index contributed by atoms with van der Waals surface area (Å²) in [5, 5.41) is 0. The third kappa shape index (κ3) is 3.32. The molecule has 0 unspecified atom stereocenters. The molecule has 0 bridgehead atoms. The molecule has 0 aliphatic heterocycles. The van der Waals surface area contributed by atoms with Gasteiger partial charge in [0.2, 0.25) is 0 Å². The molecule has 0 amide bonds. The van der Waals surface area contributed by atoms with E-state index in [0.717, 1.165) is 3.67 Å². The molecular weight excluding hydrogens is 223 g/mol. The van der Waals surface area contributed by atoms with Crippen LogP contribution in [-0.4, -0.2) is 21.4 Å². The Morgan fingerprint density at radius 1 is 1.20 bits per heavy atom. The molecule has 0 aliphatic rings. The van der Waals surface area contributed by atoms with E-state index in [2.05, 4.69) is 41.5 Å². The van der Waals surface area contributed by atoms with Gasteiger partial charge >= 0.3 is 74.0 Å². The standard InChI is InChI=1S/C4H9.C3H7.C2H5.In/c1-4(2)3;1-3-2;1-2;/h1-3H3;3H,1-2H3;1H2,2H3;. The minimum atomic E-state index is -1.16. The second-order valence-electron chi connectivity index (χ2n) is 4.62. The zero-order chi connectivity index (χ0) is 8.36. The Morgan fingerprint density at radius 3 is 1.60 bits per heavy atom. The number of hydrogen-bond donors (Lipinski definition) is 0. The molecule has 0 heterocycles. The first-order chi connectivity index (χ1) is 4.39. The first-order valence-corrected chi connectivity index (χ1v) is 10.3. The predicted molar refractivity (Wildman–Crippen MR) is 51.0 cm³/mol. The molecule has 0 aromatic rings. The van der Waals surface area contributed by atoms with Crippen molar-refractivity contribution < 1.29 is 0 Å². The molecule has 0 fully saturated rings. The van der Waals surface area contributed by atoms with Crippen LogP contribution >= 0.6 is 0 Å². The van der Waals surface area contributed by atoms with Gasteiger partial charge in [0, 0.05) is 0 Å². The number of hydrogen-bond acceptors (Lipinski definition) is 0. The molecule has 0 rings (SSSR count). The van der Waals surface area contributed by atoms with Gasteiger partial charge in [-0.3, -0.25) is 0 Å². The van der Waals surface area contributed by atoms with Crippen LogP contribution in [0.4, 0.5) is 0 Å². The summed E-state index contributed by atoms with van der Waals surface area (Å²) in [6.07, 6.45) is 0. The summed E-state index contributed by atoms with van der Waals surface area (Å²) >= 11 is -1.16. The maximum absolute atomic E-state index is 2.43. The van der Waals surface area contributed by atoms with Gasteiger partial charge in [-0.05, 0) is 0 Å². The zero-order valence-electron chi connectivity index (χ0n) is 8.36. The molecule has 10 heavy (non-hydrogen) atoms. The summed E-state index contributed by atoms with van der Waals surface area (Å²) in [4.78, 5) is 0. The van der Waals surface area contributed by atoms with Gasteiger partial charge in [0.25, 0.3) is 0 Å². The summed E-state index contributed by atoms with van der Waals surface area (Å²) in [6.45, 7) is 14.5. The van der Waals surface area contributed by atoms with Crippen LogP contribution in [0.15, 0.2) is 0 Å². The molecule has 0 aromatic heterocycles. The van der Waals surface area contributed by atoms with E-state index in [1.807, 2.05) is 0 Å². The van der Waals surface area contributed by atoms with Gasteiger partial charge in [-0.25, -0.2) is 0 Å². The average molecular weight is 244 g/mol. The topological polar surface area (TPSA) is 0 Å². The van der Waals surface area contributed by atoms with E-state index in [0.29, 0.717) is 3.17 Å². The Labute approximate surface area is 73.9 Å². The Kier molecular flexibility index (Phi) is 4.39. The van der Waals surface area contributed by atoms with E-state index in [-0.39, 0.29) is 0 Å². The second-order valence-corrected chi connectivity index (χ2v) is 19.2. The summed E-state index contributed by atoms with van der Waals surface area (Å²) < 4.78 is 3.25. The molecule has 0 nitrogen and oxygen atoms in total. The van der Waals surface area contributed by atoms with Crippen LogP contribution in [0.25, 0.3) is 0 Å². The van der Waals surface area contributed by atoms with Crippen molar-refractivity contribution in [3.63, 3.8) is 0 Å². The van der Waals surface area contributed by atoms with Crippen molar-refractivity contribution in [2.75, 3.05) is 0 Å². The SMILES string of the molecule is C[CH2][In]([CH](C)C)[C](C)(C)C. The van der Waals surface area contributed by atoms with Gasteiger partial charge in [-0.2, -0.15) is 0 Å². The third-order valence-corrected chi connectivity index (χ3v) is 15.8. The molecule has 0 N–H and O–H groups in total. The fourth-order valence-corrected chi connectivity index (χ4v) is 14.0. The average Bonchev–Trinajstić information content (AvgIpc) is 1.60. The van der Waals surface area contributed by atoms with Gasteiger partial charge in [-0.15, -0.1) is 0 Å². The first-order valence-electron chi connectivity index (χ1n) is 4.39. The van der Waals surface area contributed by atoms with E-state index in [1.165, 1.54) is 4.18 Å². The van der Waals surface area contributed by atoms with Crippen molar-refractivity contribution in [3.8, 4) is 0 Å². The van der Waals surface area contributed by atoms with Crippen LogP contribution in [0, 0.1) is 0 Å². The summed E-state index contributed by atoms with van der Waals surface area (Å²) in [5.74, 6) is 0. The fourth-order valence-electron chi connectivity index (χ4n) is 2.08. The van der Waals surface area contributed by atoms with Crippen LogP contribution < -0.4 is 0 Å². The molecule has 0 saturated carbocycles. The Bertz CT molecular complexity index is 89.4. The molecular formula is C9H21In. The van der Waals surface area contributed by atoms with Gasteiger partial charge in [0.05, 0.1) is 0 Å². The van der Waals surface area contributed by atoms with Crippen molar-refractivity contribution >= 4 is 21.4 Å². The molecule has 1 heteroatoms. The van der Waals surface area contributed by atoms with Crippen LogP contribution in [-0.2, 0) is 0 Å². The van der Waals surface area contributed by atoms with Crippen LogP contribution in [0.2, 0.25) is 11.0 Å². The molecule has 0 aliphatic carbocycles. The van der Waals surface area contributed by atoms with Gasteiger partial charge in [0.15, 0.2) is 0 Å². The van der Waals surface area contributed by atoms with Crippen LogP contribution in [0.1, 0.15) is 41.5 Å². The van der Waals surface area contributed by atoms with E-state index in [1.54, 1.807) is 0 Å². The van der Waals surface area contributed by atoms with Crippen molar-refractivity contribution in [2.24, 2.45) is 0 Å². The summed E-state index contributed by atoms with van der Waals surface area (Å²) in [7, 11) is 0. The van der Waals surface area contributed by atoms with Crippen molar-refractivity contribution in [1.29, 1.82) is 0 Å². The minimum absolute atomic E-state index is 0.699. The zero-order valence-corrected chi connectivity index (χ0v) is 11.7. The van der Waals surface area contributed by atoms with Crippen molar-refractivity contribution in [1.82, 2.24) is 0 Å². The summed E-state index contributed by atoms with van der Waals surface area (Å²) in [6, 6.07) is 0. The van der Waals surface area contributed by atoms with E-state index in [4.69, 9.17) is 0 Å². The van der Waals surface area contributed by atoms with Gasteiger partial charge < -0.3 is 0 Å². The predicted octanol–water partition coefficient (Wildman–Crippen LogP) is 3.71. The molecule has 0 atom stereocenters. The van der Waals surface area contributed by atoms with Crippen LogP contribution in [0.3, 0.4) is 0 Å². The molecule has 0 radical (unpaired) electrons. The summed E-state index contributed by atoms with van der Waals surface area (Å²) in [5.41, 5.74) is 0. The quantitative estimate of drug-likeness (QED) is 0.694. The Morgan fingerprint density at radius 2 is 1.60 bits per heavy atom. The number of rotatable bonds is 2. The molecule has 0 saturated heterocycles. The van der Waals surface area contributed by atoms with E-state index < -0.39 is 21.4 Å². The Balaban J connectivity index is 4.07. The normalized spacial score (nSPS) is 12.3. The van der Waals surface area contributed by atoms with E-state index >= 15 is 0 Å². The van der Waals surface area contributed by atoms with Gasteiger partial charge in [-0.1, -0.05) is 0 Å². The molecule has 0 spiro atoms. The van der Waals surface area contributed by atoms with Crippen LogP contribution in [0.5, 0.6) is 0 Å². The van der Waals surface area contributed by atoms with Gasteiger partial charge in [0.1, 0.15) is 0 Å². The monoisotopic (exact) mass is 244 g/mol. The third-order valence-electron chi connectivity index (χ3n) is 2.36. The van der Waals surface area contributed by atoms with Crippen molar-refractivity contribution in [2.45, 2.75) is 52.6 Å². The first kappa shape index (κ1) is 10.9. The molecule has 60 valence electrons. The fraction of sp³-hybridized carbons (Fsp3) is 1.00. The van der Waals surface area contributed by atoms with E-state index in [9.17, 15) is 0 Å². The Hall–Kier alpha value is 0.870.